The molecule has 2 atom stereocenters. The lowest BCUT2D eigenvalue weighted by molar-refractivity contribution is -0.141. The third-order valence-corrected chi connectivity index (χ3v) is 4.41. The van der Waals surface area contributed by atoms with Crippen molar-refractivity contribution < 1.29 is 19.8 Å². The van der Waals surface area contributed by atoms with E-state index in [1.54, 1.807) is 11.3 Å². The van der Waals surface area contributed by atoms with Gasteiger partial charge in [-0.1, -0.05) is 25.2 Å². The number of thiazole rings is 1. The Morgan fingerprint density at radius 1 is 1.27 bits per heavy atom. The standard InChI is InChI=1S/C13H18N4O4S/c1-5(2)10-15-16-13-17(10)6(3)9(22-13)11(19)14-8(7(4)18)12(20)21/h5,7-8,18H,1-4H3,(H,14,19)(H,20,21). The van der Waals surface area contributed by atoms with Crippen molar-refractivity contribution in [3.05, 3.63) is 16.4 Å². The zero-order valence-electron chi connectivity index (χ0n) is 12.7. The predicted octanol–water partition coefficient (Wildman–Crippen LogP) is 0.786. The summed E-state index contributed by atoms with van der Waals surface area (Å²) in [6, 6.07) is -1.36. The number of aliphatic hydroxyl groups is 1. The molecule has 2 rings (SSSR count). The topological polar surface area (TPSA) is 117 Å². The van der Waals surface area contributed by atoms with E-state index >= 15 is 0 Å². The van der Waals surface area contributed by atoms with Gasteiger partial charge in [0.25, 0.3) is 5.91 Å². The molecule has 0 aliphatic heterocycles. The minimum Gasteiger partial charge on any atom is -0.480 e. The first-order valence-electron chi connectivity index (χ1n) is 6.80. The predicted molar refractivity (Wildman–Crippen MR) is 80.3 cm³/mol. The molecule has 2 unspecified atom stereocenters. The second-order valence-corrected chi connectivity index (χ2v) is 6.35. The van der Waals surface area contributed by atoms with Crippen LogP contribution in [0.3, 0.4) is 0 Å². The number of carbonyl (C=O) groups is 2. The maximum Gasteiger partial charge on any atom is 0.328 e. The van der Waals surface area contributed by atoms with Gasteiger partial charge in [-0.15, -0.1) is 10.2 Å². The highest BCUT2D eigenvalue weighted by atomic mass is 32.1. The van der Waals surface area contributed by atoms with Crippen LogP contribution in [0.2, 0.25) is 0 Å². The van der Waals surface area contributed by atoms with E-state index in [9.17, 15) is 14.7 Å². The Bertz CT molecular complexity index is 719. The van der Waals surface area contributed by atoms with Gasteiger partial charge in [0.05, 0.1) is 6.10 Å². The van der Waals surface area contributed by atoms with Crippen molar-refractivity contribution in [2.75, 3.05) is 0 Å². The summed E-state index contributed by atoms with van der Waals surface area (Å²) in [6.07, 6.45) is -1.20. The van der Waals surface area contributed by atoms with Crippen LogP contribution in [0.25, 0.3) is 4.96 Å². The van der Waals surface area contributed by atoms with Gasteiger partial charge in [-0.25, -0.2) is 4.79 Å². The zero-order chi connectivity index (χ0) is 16.6. The summed E-state index contributed by atoms with van der Waals surface area (Å²) in [5, 5.41) is 28.9. The number of aliphatic hydroxyl groups excluding tert-OH is 1. The van der Waals surface area contributed by atoms with E-state index in [0.717, 1.165) is 17.2 Å². The minimum atomic E-state index is -1.36. The van der Waals surface area contributed by atoms with Gasteiger partial charge in [0.2, 0.25) is 4.96 Å². The van der Waals surface area contributed by atoms with Gasteiger partial charge >= 0.3 is 5.97 Å². The molecule has 2 aromatic rings. The summed E-state index contributed by atoms with van der Waals surface area (Å²) in [6.45, 7) is 7.02. The molecule has 0 bridgehead atoms. The first-order valence-corrected chi connectivity index (χ1v) is 7.61. The second kappa shape index (κ2) is 6.01. The number of aryl methyl sites for hydroxylation is 1. The Morgan fingerprint density at radius 2 is 1.91 bits per heavy atom. The van der Waals surface area contributed by atoms with Gasteiger partial charge in [-0.05, 0) is 13.8 Å². The fourth-order valence-electron chi connectivity index (χ4n) is 2.11. The first-order chi connectivity index (χ1) is 10.2. The molecule has 22 heavy (non-hydrogen) atoms. The molecule has 0 spiro atoms. The number of amides is 1. The number of aromatic nitrogens is 3. The Kier molecular flexibility index (Phi) is 4.47. The van der Waals surface area contributed by atoms with Gasteiger partial charge in [0.1, 0.15) is 10.7 Å². The smallest absolute Gasteiger partial charge is 0.328 e. The largest absolute Gasteiger partial charge is 0.480 e. The van der Waals surface area contributed by atoms with Gasteiger partial charge in [0.15, 0.2) is 6.04 Å². The van der Waals surface area contributed by atoms with E-state index < -0.39 is 24.0 Å². The normalized spacial score (nSPS) is 14.3. The first kappa shape index (κ1) is 16.4. The minimum absolute atomic E-state index is 0.142. The van der Waals surface area contributed by atoms with E-state index in [4.69, 9.17) is 5.11 Å². The molecule has 3 N–H and O–H groups in total. The van der Waals surface area contributed by atoms with E-state index in [1.165, 1.54) is 6.92 Å². The number of hydrogen-bond donors (Lipinski definition) is 3. The van der Waals surface area contributed by atoms with Crippen molar-refractivity contribution in [1.82, 2.24) is 19.9 Å². The Morgan fingerprint density at radius 3 is 2.41 bits per heavy atom. The highest BCUT2D eigenvalue weighted by Gasteiger charge is 2.28. The van der Waals surface area contributed by atoms with Gasteiger partial charge in [-0.3, -0.25) is 9.20 Å². The highest BCUT2D eigenvalue weighted by molar-refractivity contribution is 7.19. The molecule has 2 aromatic heterocycles. The monoisotopic (exact) mass is 326 g/mol. The Balaban J connectivity index is 2.37. The quantitative estimate of drug-likeness (QED) is 0.748. The molecule has 0 radical (unpaired) electrons. The molecule has 0 saturated heterocycles. The fourth-order valence-corrected chi connectivity index (χ4v) is 3.09. The summed E-state index contributed by atoms with van der Waals surface area (Å²) in [5.41, 5.74) is 0.654. The molecule has 1 amide bonds. The summed E-state index contributed by atoms with van der Waals surface area (Å²) in [7, 11) is 0. The Hall–Kier alpha value is -2.00. The van der Waals surface area contributed by atoms with Crippen LogP contribution in [0.1, 0.15) is 47.9 Å². The molecule has 0 aromatic carbocycles. The van der Waals surface area contributed by atoms with E-state index in [2.05, 4.69) is 15.5 Å². The number of carbonyl (C=O) groups excluding carboxylic acids is 1. The SMILES string of the molecule is Cc1c(C(=O)NC(C(=O)O)C(C)O)sc2nnc(C(C)C)n12. The van der Waals surface area contributed by atoms with Crippen LogP contribution in [0, 0.1) is 6.92 Å². The van der Waals surface area contributed by atoms with Crippen molar-refractivity contribution in [2.24, 2.45) is 0 Å². The van der Waals surface area contributed by atoms with Crippen LogP contribution >= 0.6 is 11.3 Å². The molecule has 0 aliphatic rings. The van der Waals surface area contributed by atoms with Crippen molar-refractivity contribution in [3.63, 3.8) is 0 Å². The zero-order valence-corrected chi connectivity index (χ0v) is 13.5. The molecule has 0 fully saturated rings. The average molecular weight is 326 g/mol. The van der Waals surface area contributed by atoms with Crippen molar-refractivity contribution in [2.45, 2.75) is 45.8 Å². The average Bonchev–Trinajstić information content (AvgIpc) is 2.95. The van der Waals surface area contributed by atoms with Gasteiger partial charge in [0, 0.05) is 11.6 Å². The summed E-state index contributed by atoms with van der Waals surface area (Å²) >= 11 is 1.14. The number of aliphatic carboxylic acids is 1. The lowest BCUT2D eigenvalue weighted by atomic mass is 10.2. The van der Waals surface area contributed by atoms with Crippen LogP contribution < -0.4 is 5.32 Å². The number of nitrogens with zero attached hydrogens (tertiary/aromatic N) is 3. The Labute approximate surface area is 130 Å². The van der Waals surface area contributed by atoms with Crippen LogP contribution in [-0.4, -0.2) is 48.8 Å². The van der Waals surface area contributed by atoms with Gasteiger partial charge in [-0.2, -0.15) is 0 Å². The van der Waals surface area contributed by atoms with E-state index in [1.807, 2.05) is 13.8 Å². The molecular weight excluding hydrogens is 308 g/mol. The van der Waals surface area contributed by atoms with Gasteiger partial charge < -0.3 is 15.5 Å². The van der Waals surface area contributed by atoms with E-state index in [0.29, 0.717) is 15.5 Å². The summed E-state index contributed by atoms with van der Waals surface area (Å²) in [4.78, 5) is 24.3. The van der Waals surface area contributed by atoms with E-state index in [-0.39, 0.29) is 5.92 Å². The molecule has 0 saturated carbocycles. The number of fused-ring (bicyclic) bond motifs is 1. The number of carboxylic acids is 1. The fraction of sp³-hybridized carbons (Fsp3) is 0.538. The highest BCUT2D eigenvalue weighted by Crippen LogP contribution is 2.25. The molecule has 2 heterocycles. The maximum atomic E-state index is 12.3. The number of carboxylic acid groups (broad SMARTS) is 1. The van der Waals surface area contributed by atoms with Crippen molar-refractivity contribution in [1.29, 1.82) is 0 Å². The molecule has 0 aliphatic carbocycles. The van der Waals surface area contributed by atoms with Crippen LogP contribution in [0.15, 0.2) is 0 Å². The van der Waals surface area contributed by atoms with Crippen LogP contribution in [-0.2, 0) is 4.79 Å². The molecular formula is C13H18N4O4S. The van der Waals surface area contributed by atoms with Crippen LogP contribution in [0.5, 0.6) is 0 Å². The molecule has 120 valence electrons. The van der Waals surface area contributed by atoms with Crippen molar-refractivity contribution >= 4 is 28.2 Å². The maximum absolute atomic E-state index is 12.3. The third-order valence-electron chi connectivity index (χ3n) is 3.27. The van der Waals surface area contributed by atoms with Crippen molar-refractivity contribution in [3.8, 4) is 0 Å². The number of rotatable bonds is 5. The second-order valence-electron chi connectivity index (χ2n) is 5.38. The number of nitrogens with one attached hydrogen (secondary N) is 1. The molecule has 9 heteroatoms. The lowest BCUT2D eigenvalue weighted by Gasteiger charge is -2.16. The summed E-state index contributed by atoms with van der Waals surface area (Å²) in [5.74, 6) is -0.945. The lowest BCUT2D eigenvalue weighted by Crippen LogP contribution is -2.47. The third kappa shape index (κ3) is 2.81. The summed E-state index contributed by atoms with van der Waals surface area (Å²) < 4.78 is 1.79. The molecule has 8 nitrogen and oxygen atoms in total. The number of hydrogen-bond acceptors (Lipinski definition) is 6. The van der Waals surface area contributed by atoms with Crippen LogP contribution in [0.4, 0.5) is 0 Å².